The Hall–Kier alpha value is 0.0249. The molecule has 0 aromatic rings. The SMILES string of the molecule is CCCCCB(OCC)[C@H]1CCC[C@@H]1C. The molecule has 1 nitrogen and oxygen atoms in total. The Morgan fingerprint density at radius 3 is 2.53 bits per heavy atom. The van der Waals surface area contributed by atoms with Crippen LogP contribution in [-0.2, 0) is 4.65 Å². The minimum atomic E-state index is 0.555. The van der Waals surface area contributed by atoms with E-state index in [0.29, 0.717) is 6.92 Å². The van der Waals surface area contributed by atoms with Gasteiger partial charge in [-0.25, -0.2) is 0 Å². The summed E-state index contributed by atoms with van der Waals surface area (Å²) in [6.07, 6.45) is 9.56. The molecule has 0 radical (unpaired) electrons. The smallest absolute Gasteiger partial charge is 0.296 e. The highest BCUT2D eigenvalue weighted by Crippen LogP contribution is 2.40. The highest BCUT2D eigenvalue weighted by atomic mass is 16.4. The monoisotopic (exact) mass is 210 g/mol. The topological polar surface area (TPSA) is 9.23 Å². The first-order valence-corrected chi connectivity index (χ1v) is 6.91. The summed E-state index contributed by atoms with van der Waals surface area (Å²) < 4.78 is 5.94. The van der Waals surface area contributed by atoms with E-state index in [9.17, 15) is 0 Å². The van der Waals surface area contributed by atoms with Crippen LogP contribution >= 0.6 is 0 Å². The number of unbranched alkanes of at least 4 members (excludes halogenated alkanes) is 2. The Balaban J connectivity index is 2.34. The van der Waals surface area contributed by atoms with E-state index in [1.165, 1.54) is 44.8 Å². The average Bonchev–Trinajstić information content (AvgIpc) is 2.64. The highest BCUT2D eigenvalue weighted by Gasteiger charge is 2.34. The summed E-state index contributed by atoms with van der Waals surface area (Å²) in [5.74, 6) is 1.74. The van der Waals surface area contributed by atoms with Gasteiger partial charge in [0.2, 0.25) is 0 Å². The summed E-state index contributed by atoms with van der Waals surface area (Å²) in [5, 5.41) is 0. The Kier molecular flexibility index (Phi) is 6.39. The molecule has 1 saturated carbocycles. The van der Waals surface area contributed by atoms with Crippen molar-refractivity contribution in [2.45, 2.75) is 71.4 Å². The number of rotatable bonds is 7. The first-order valence-electron chi connectivity index (χ1n) is 6.91. The molecule has 0 aromatic carbocycles. The van der Waals surface area contributed by atoms with Gasteiger partial charge in [0.15, 0.2) is 0 Å². The molecule has 0 N–H and O–H groups in total. The van der Waals surface area contributed by atoms with E-state index in [0.717, 1.165) is 18.3 Å². The predicted molar refractivity (Wildman–Crippen MR) is 68.5 cm³/mol. The second-order valence-corrected chi connectivity index (χ2v) is 5.06. The Morgan fingerprint density at radius 1 is 1.20 bits per heavy atom. The maximum absolute atomic E-state index is 5.94. The fraction of sp³-hybridized carbons (Fsp3) is 1.00. The van der Waals surface area contributed by atoms with Crippen LogP contribution in [0, 0.1) is 5.92 Å². The normalized spacial score (nSPS) is 25.8. The van der Waals surface area contributed by atoms with E-state index in [4.69, 9.17) is 4.65 Å². The third-order valence-corrected chi connectivity index (χ3v) is 3.88. The van der Waals surface area contributed by atoms with Crippen LogP contribution in [0.3, 0.4) is 0 Å². The summed E-state index contributed by atoms with van der Waals surface area (Å²) in [6.45, 7) is 8.25. The van der Waals surface area contributed by atoms with Crippen molar-refractivity contribution >= 4 is 6.92 Å². The summed E-state index contributed by atoms with van der Waals surface area (Å²) in [5.41, 5.74) is 0. The van der Waals surface area contributed by atoms with Crippen molar-refractivity contribution in [2.75, 3.05) is 6.61 Å². The van der Waals surface area contributed by atoms with Crippen molar-refractivity contribution < 1.29 is 4.65 Å². The molecule has 1 rings (SSSR count). The first kappa shape index (κ1) is 13.1. The third kappa shape index (κ3) is 4.18. The van der Waals surface area contributed by atoms with E-state index in [1.807, 2.05) is 0 Å². The Labute approximate surface area is 96.1 Å². The van der Waals surface area contributed by atoms with Crippen LogP contribution in [0.2, 0.25) is 12.1 Å². The first-order chi connectivity index (χ1) is 7.29. The van der Waals surface area contributed by atoms with Crippen LogP contribution in [-0.4, -0.2) is 13.5 Å². The van der Waals surface area contributed by atoms with Gasteiger partial charge >= 0.3 is 0 Å². The summed E-state index contributed by atoms with van der Waals surface area (Å²) >= 11 is 0. The quantitative estimate of drug-likeness (QED) is 0.447. The Morgan fingerprint density at radius 2 is 2.00 bits per heavy atom. The number of hydrogen-bond donors (Lipinski definition) is 0. The fourth-order valence-corrected chi connectivity index (χ4v) is 2.96. The van der Waals surface area contributed by atoms with Gasteiger partial charge in [0.25, 0.3) is 6.92 Å². The Bertz CT molecular complexity index is 161. The van der Waals surface area contributed by atoms with Crippen molar-refractivity contribution in [3.8, 4) is 0 Å². The molecule has 15 heavy (non-hydrogen) atoms. The fourth-order valence-electron chi connectivity index (χ4n) is 2.96. The van der Waals surface area contributed by atoms with Crippen molar-refractivity contribution in [3.05, 3.63) is 0 Å². The minimum absolute atomic E-state index is 0.555. The maximum Gasteiger partial charge on any atom is 0.296 e. The van der Waals surface area contributed by atoms with Crippen LogP contribution in [0.15, 0.2) is 0 Å². The van der Waals surface area contributed by atoms with Crippen LogP contribution in [0.25, 0.3) is 0 Å². The molecule has 0 spiro atoms. The van der Waals surface area contributed by atoms with Crippen LogP contribution in [0.4, 0.5) is 0 Å². The van der Waals surface area contributed by atoms with Crippen LogP contribution in [0.1, 0.15) is 59.3 Å². The standard InChI is InChI=1S/C13H27BO/c1-4-6-7-11-14(15-5-2)13-10-8-9-12(13)3/h12-13H,4-11H2,1-3H3/t12-,13-/m0/s1. The zero-order valence-electron chi connectivity index (χ0n) is 10.8. The third-order valence-electron chi connectivity index (χ3n) is 3.88. The van der Waals surface area contributed by atoms with Crippen molar-refractivity contribution in [1.82, 2.24) is 0 Å². The molecule has 1 fully saturated rings. The van der Waals surface area contributed by atoms with Gasteiger partial charge in [-0.15, -0.1) is 0 Å². The van der Waals surface area contributed by atoms with E-state index < -0.39 is 0 Å². The molecule has 0 aliphatic heterocycles. The molecule has 2 heteroatoms. The number of hydrogen-bond acceptors (Lipinski definition) is 1. The van der Waals surface area contributed by atoms with Crippen molar-refractivity contribution in [3.63, 3.8) is 0 Å². The van der Waals surface area contributed by atoms with E-state index >= 15 is 0 Å². The molecule has 0 saturated heterocycles. The average molecular weight is 210 g/mol. The molecule has 0 heterocycles. The second-order valence-electron chi connectivity index (χ2n) is 5.06. The lowest BCUT2D eigenvalue weighted by Crippen LogP contribution is -2.26. The van der Waals surface area contributed by atoms with Gasteiger partial charge in [0.05, 0.1) is 0 Å². The summed E-state index contributed by atoms with van der Waals surface area (Å²) in [7, 11) is 0. The van der Waals surface area contributed by atoms with E-state index in [-0.39, 0.29) is 0 Å². The molecular formula is C13H27BO. The van der Waals surface area contributed by atoms with Gasteiger partial charge in [-0.05, 0) is 25.0 Å². The summed E-state index contributed by atoms with van der Waals surface area (Å²) in [4.78, 5) is 0. The molecule has 0 bridgehead atoms. The molecule has 0 amide bonds. The van der Waals surface area contributed by atoms with Gasteiger partial charge in [-0.2, -0.15) is 0 Å². The largest absolute Gasteiger partial charge is 0.436 e. The summed E-state index contributed by atoms with van der Waals surface area (Å²) in [6, 6.07) is 0. The molecule has 88 valence electrons. The highest BCUT2D eigenvalue weighted by molar-refractivity contribution is 6.53. The molecular weight excluding hydrogens is 183 g/mol. The lowest BCUT2D eigenvalue weighted by atomic mass is 9.50. The van der Waals surface area contributed by atoms with Gasteiger partial charge in [-0.1, -0.05) is 52.4 Å². The zero-order chi connectivity index (χ0) is 11.1. The molecule has 1 aliphatic carbocycles. The van der Waals surface area contributed by atoms with Crippen LogP contribution < -0.4 is 0 Å². The second kappa shape index (κ2) is 7.32. The van der Waals surface area contributed by atoms with E-state index in [2.05, 4.69) is 20.8 Å². The van der Waals surface area contributed by atoms with E-state index in [1.54, 1.807) is 0 Å². The molecule has 0 unspecified atom stereocenters. The lowest BCUT2D eigenvalue weighted by Gasteiger charge is -2.23. The van der Waals surface area contributed by atoms with Crippen molar-refractivity contribution in [2.24, 2.45) is 5.92 Å². The van der Waals surface area contributed by atoms with Gasteiger partial charge in [0, 0.05) is 6.61 Å². The van der Waals surface area contributed by atoms with Gasteiger partial charge in [-0.3, -0.25) is 0 Å². The zero-order valence-corrected chi connectivity index (χ0v) is 10.8. The van der Waals surface area contributed by atoms with Gasteiger partial charge < -0.3 is 4.65 Å². The molecule has 1 aliphatic rings. The minimum Gasteiger partial charge on any atom is -0.436 e. The van der Waals surface area contributed by atoms with Crippen molar-refractivity contribution in [1.29, 1.82) is 0 Å². The maximum atomic E-state index is 5.94. The lowest BCUT2D eigenvalue weighted by molar-refractivity contribution is 0.323. The van der Waals surface area contributed by atoms with Crippen LogP contribution in [0.5, 0.6) is 0 Å². The predicted octanol–water partition coefficient (Wildman–Crippen LogP) is 4.39. The molecule has 2 atom stereocenters. The van der Waals surface area contributed by atoms with Gasteiger partial charge in [0.1, 0.15) is 0 Å². The molecule has 0 aromatic heterocycles.